The summed E-state index contributed by atoms with van der Waals surface area (Å²) in [5.74, 6) is 0.620. The first-order valence-corrected chi connectivity index (χ1v) is 8.00. The Balaban J connectivity index is 1.91. The van der Waals surface area contributed by atoms with Crippen LogP contribution >= 0.6 is 23.2 Å². The van der Waals surface area contributed by atoms with Crippen LogP contribution in [0.4, 0.5) is 0 Å². The average molecular weight is 353 g/mol. The van der Waals surface area contributed by atoms with E-state index in [1.54, 1.807) is 7.11 Å². The van der Waals surface area contributed by atoms with Gasteiger partial charge in [-0.05, 0) is 49.6 Å². The van der Waals surface area contributed by atoms with Crippen molar-refractivity contribution in [2.24, 2.45) is 0 Å². The van der Waals surface area contributed by atoms with Gasteiger partial charge in [0, 0.05) is 11.6 Å². The largest absolute Gasteiger partial charge is 0.497 e. The van der Waals surface area contributed by atoms with Gasteiger partial charge in [-0.15, -0.1) is 0 Å². The number of aryl methyl sites for hydroxylation is 1. The summed E-state index contributed by atoms with van der Waals surface area (Å²) >= 11 is 11.6. The van der Waals surface area contributed by atoms with E-state index in [9.17, 15) is 4.79 Å². The molecule has 2 aromatic rings. The summed E-state index contributed by atoms with van der Waals surface area (Å²) < 4.78 is 5.21. The average Bonchev–Trinajstić information content (AvgIpc) is 2.52. The van der Waals surface area contributed by atoms with Gasteiger partial charge in [0.05, 0.1) is 7.11 Å². The summed E-state index contributed by atoms with van der Waals surface area (Å²) in [4.78, 5) is 16.0. The van der Waals surface area contributed by atoms with Gasteiger partial charge in [0.25, 0.3) is 5.91 Å². The van der Waals surface area contributed by atoms with E-state index in [0.717, 1.165) is 18.6 Å². The Hall–Kier alpha value is -1.78. The summed E-state index contributed by atoms with van der Waals surface area (Å²) in [5, 5.41) is 3.34. The molecule has 1 atom stereocenters. The first-order valence-electron chi connectivity index (χ1n) is 7.25. The smallest absolute Gasteiger partial charge is 0.251 e. The standard InChI is InChI=1S/C17H18Cl2N2O2/c1-11(6-7-12-4-3-5-14(8-12)23-2)20-17(22)13-9-15(18)21-16(19)10-13/h3-5,8-11H,6-7H2,1-2H3,(H,20,22). The van der Waals surface area contributed by atoms with E-state index < -0.39 is 0 Å². The van der Waals surface area contributed by atoms with Gasteiger partial charge in [-0.1, -0.05) is 35.3 Å². The molecule has 0 aliphatic heterocycles. The van der Waals surface area contributed by atoms with Gasteiger partial charge in [0.1, 0.15) is 16.1 Å². The lowest BCUT2D eigenvalue weighted by Gasteiger charge is -2.14. The van der Waals surface area contributed by atoms with Crippen LogP contribution in [0.1, 0.15) is 29.3 Å². The molecule has 0 aliphatic carbocycles. The fourth-order valence-electron chi connectivity index (χ4n) is 2.19. The number of hydrogen-bond acceptors (Lipinski definition) is 3. The molecular weight excluding hydrogens is 335 g/mol. The Morgan fingerprint density at radius 3 is 2.61 bits per heavy atom. The fraction of sp³-hybridized carbons (Fsp3) is 0.294. The normalized spacial score (nSPS) is 11.8. The van der Waals surface area contributed by atoms with Gasteiger partial charge in [0.15, 0.2) is 0 Å². The van der Waals surface area contributed by atoms with Crippen molar-refractivity contribution in [1.82, 2.24) is 10.3 Å². The summed E-state index contributed by atoms with van der Waals surface area (Å²) in [5.41, 5.74) is 1.57. The number of aromatic nitrogens is 1. The Bertz CT molecular complexity index is 672. The molecule has 1 aromatic carbocycles. The summed E-state index contributed by atoms with van der Waals surface area (Å²) in [6.07, 6.45) is 1.65. The van der Waals surface area contributed by atoms with E-state index >= 15 is 0 Å². The molecule has 1 amide bonds. The van der Waals surface area contributed by atoms with E-state index in [4.69, 9.17) is 27.9 Å². The van der Waals surface area contributed by atoms with Crippen molar-refractivity contribution in [3.63, 3.8) is 0 Å². The van der Waals surface area contributed by atoms with E-state index in [0.29, 0.717) is 5.56 Å². The van der Waals surface area contributed by atoms with Crippen LogP contribution < -0.4 is 10.1 Å². The lowest BCUT2D eigenvalue weighted by Crippen LogP contribution is -2.32. The number of carbonyl (C=O) groups is 1. The third-order valence-electron chi connectivity index (χ3n) is 3.40. The van der Waals surface area contributed by atoms with E-state index in [-0.39, 0.29) is 22.3 Å². The molecular formula is C17H18Cl2N2O2. The van der Waals surface area contributed by atoms with Gasteiger partial charge >= 0.3 is 0 Å². The van der Waals surface area contributed by atoms with Crippen LogP contribution in [0.15, 0.2) is 36.4 Å². The van der Waals surface area contributed by atoms with Gasteiger partial charge < -0.3 is 10.1 Å². The molecule has 4 nitrogen and oxygen atoms in total. The number of nitrogens with zero attached hydrogens (tertiary/aromatic N) is 1. The number of pyridine rings is 1. The third kappa shape index (κ3) is 5.41. The summed E-state index contributed by atoms with van der Waals surface area (Å²) in [6.45, 7) is 1.96. The Morgan fingerprint density at radius 2 is 1.96 bits per heavy atom. The van der Waals surface area contributed by atoms with Crippen LogP contribution in [0.2, 0.25) is 10.3 Å². The SMILES string of the molecule is COc1cccc(CCC(C)NC(=O)c2cc(Cl)nc(Cl)c2)c1. The summed E-state index contributed by atoms with van der Waals surface area (Å²) in [6, 6.07) is 10.9. The Morgan fingerprint density at radius 1 is 1.26 bits per heavy atom. The predicted molar refractivity (Wildman–Crippen MR) is 92.5 cm³/mol. The number of hydrogen-bond donors (Lipinski definition) is 1. The minimum atomic E-state index is -0.214. The topological polar surface area (TPSA) is 51.2 Å². The minimum absolute atomic E-state index is 0.0133. The van der Waals surface area contributed by atoms with Crippen LogP contribution in [0.25, 0.3) is 0 Å². The maximum absolute atomic E-state index is 12.2. The molecule has 0 saturated carbocycles. The number of benzene rings is 1. The second-order valence-electron chi connectivity index (χ2n) is 5.27. The lowest BCUT2D eigenvalue weighted by atomic mass is 10.1. The molecule has 0 radical (unpaired) electrons. The molecule has 1 heterocycles. The van der Waals surface area contributed by atoms with Crippen LogP contribution in [0, 0.1) is 0 Å². The number of halogens is 2. The zero-order valence-electron chi connectivity index (χ0n) is 13.0. The van der Waals surface area contributed by atoms with Crippen molar-refractivity contribution >= 4 is 29.1 Å². The first-order chi connectivity index (χ1) is 11.0. The molecule has 1 aromatic heterocycles. The highest BCUT2D eigenvalue weighted by Gasteiger charge is 2.12. The van der Waals surface area contributed by atoms with Crippen LogP contribution in [-0.4, -0.2) is 24.0 Å². The quantitative estimate of drug-likeness (QED) is 0.794. The maximum Gasteiger partial charge on any atom is 0.251 e. The molecule has 1 N–H and O–H groups in total. The molecule has 0 fully saturated rings. The van der Waals surface area contributed by atoms with Crippen LogP contribution in [0.5, 0.6) is 5.75 Å². The van der Waals surface area contributed by atoms with Crippen molar-refractivity contribution in [2.75, 3.05) is 7.11 Å². The Kier molecular flexibility index (Phi) is 6.25. The number of amides is 1. The monoisotopic (exact) mass is 352 g/mol. The second kappa shape index (κ2) is 8.18. The fourth-order valence-corrected chi connectivity index (χ4v) is 2.65. The van der Waals surface area contributed by atoms with Gasteiger partial charge in [0.2, 0.25) is 0 Å². The number of carbonyl (C=O) groups excluding carboxylic acids is 1. The molecule has 0 saturated heterocycles. The van der Waals surface area contributed by atoms with Crippen molar-refractivity contribution in [1.29, 1.82) is 0 Å². The summed E-state index contributed by atoms with van der Waals surface area (Å²) in [7, 11) is 1.65. The first kappa shape index (κ1) is 17.6. The van der Waals surface area contributed by atoms with Crippen molar-refractivity contribution in [3.8, 4) is 5.75 Å². The van der Waals surface area contributed by atoms with E-state index in [2.05, 4.69) is 10.3 Å². The van der Waals surface area contributed by atoms with Crippen molar-refractivity contribution in [3.05, 3.63) is 57.8 Å². The van der Waals surface area contributed by atoms with Crippen molar-refractivity contribution < 1.29 is 9.53 Å². The second-order valence-corrected chi connectivity index (χ2v) is 6.04. The number of rotatable bonds is 6. The molecule has 6 heteroatoms. The maximum atomic E-state index is 12.2. The third-order valence-corrected chi connectivity index (χ3v) is 3.79. The molecule has 2 rings (SSSR count). The van der Waals surface area contributed by atoms with E-state index in [1.165, 1.54) is 17.7 Å². The zero-order valence-corrected chi connectivity index (χ0v) is 14.5. The number of methoxy groups -OCH3 is 1. The highest BCUT2D eigenvalue weighted by atomic mass is 35.5. The number of ether oxygens (including phenoxy) is 1. The number of nitrogens with one attached hydrogen (secondary N) is 1. The molecule has 0 spiro atoms. The highest BCUT2D eigenvalue weighted by Crippen LogP contribution is 2.16. The predicted octanol–water partition coefficient (Wildman–Crippen LogP) is 4.15. The van der Waals surface area contributed by atoms with E-state index in [1.807, 2.05) is 31.2 Å². The molecule has 1 unspecified atom stereocenters. The minimum Gasteiger partial charge on any atom is -0.497 e. The molecule has 122 valence electrons. The van der Waals surface area contributed by atoms with Gasteiger partial charge in [-0.3, -0.25) is 4.79 Å². The Labute approximate surface area is 145 Å². The molecule has 0 aliphatic rings. The van der Waals surface area contributed by atoms with Gasteiger partial charge in [-0.2, -0.15) is 0 Å². The van der Waals surface area contributed by atoms with Crippen LogP contribution in [0.3, 0.4) is 0 Å². The molecule has 0 bridgehead atoms. The van der Waals surface area contributed by atoms with Crippen LogP contribution in [-0.2, 0) is 6.42 Å². The zero-order chi connectivity index (χ0) is 16.8. The lowest BCUT2D eigenvalue weighted by molar-refractivity contribution is 0.0938. The highest BCUT2D eigenvalue weighted by molar-refractivity contribution is 6.33. The van der Waals surface area contributed by atoms with Crippen molar-refractivity contribution in [2.45, 2.75) is 25.8 Å². The molecule has 23 heavy (non-hydrogen) atoms. The van der Waals surface area contributed by atoms with Gasteiger partial charge in [-0.25, -0.2) is 4.98 Å².